The molecule has 3 nitrogen and oxygen atoms in total. The van der Waals surface area contributed by atoms with Gasteiger partial charge >= 0.3 is 0 Å². The second-order valence-corrected chi connectivity index (χ2v) is 5.29. The van der Waals surface area contributed by atoms with Crippen LogP contribution in [0.3, 0.4) is 0 Å². The molecule has 1 heterocycles. The fraction of sp³-hybridized carbons (Fsp3) is 1.00. The van der Waals surface area contributed by atoms with Gasteiger partial charge in [-0.25, -0.2) is 0 Å². The van der Waals surface area contributed by atoms with Crippen LogP contribution in [0.5, 0.6) is 0 Å². The standard InChI is InChI=1S/C11H22N2O/c1-9-2-3-10(6-9,7-12)11(14)4-5-13-8-11/h9,13-14H,2-8,12H2,1H3. The van der Waals surface area contributed by atoms with E-state index in [1.165, 1.54) is 6.42 Å². The first-order chi connectivity index (χ1) is 6.62. The Morgan fingerprint density at radius 1 is 1.50 bits per heavy atom. The third-order valence-corrected chi connectivity index (χ3v) is 4.37. The van der Waals surface area contributed by atoms with Crippen molar-refractivity contribution < 1.29 is 5.11 Å². The zero-order valence-electron chi connectivity index (χ0n) is 9.05. The lowest BCUT2D eigenvalue weighted by atomic mass is 9.69. The SMILES string of the molecule is CC1CCC(CN)(C2(O)CCNC2)C1. The van der Waals surface area contributed by atoms with Gasteiger partial charge in [0.2, 0.25) is 0 Å². The zero-order valence-corrected chi connectivity index (χ0v) is 9.05. The minimum atomic E-state index is -0.535. The highest BCUT2D eigenvalue weighted by atomic mass is 16.3. The largest absolute Gasteiger partial charge is 0.388 e. The van der Waals surface area contributed by atoms with E-state index in [4.69, 9.17) is 5.73 Å². The van der Waals surface area contributed by atoms with Crippen LogP contribution in [-0.4, -0.2) is 30.3 Å². The zero-order chi connectivity index (χ0) is 10.2. The van der Waals surface area contributed by atoms with Gasteiger partial charge in [-0.2, -0.15) is 0 Å². The summed E-state index contributed by atoms with van der Waals surface area (Å²) in [5.41, 5.74) is 5.37. The Morgan fingerprint density at radius 2 is 2.29 bits per heavy atom. The van der Waals surface area contributed by atoms with Gasteiger partial charge < -0.3 is 16.2 Å². The van der Waals surface area contributed by atoms with E-state index in [-0.39, 0.29) is 5.41 Å². The van der Waals surface area contributed by atoms with Crippen LogP contribution >= 0.6 is 0 Å². The van der Waals surface area contributed by atoms with Gasteiger partial charge in [0.25, 0.3) is 0 Å². The van der Waals surface area contributed by atoms with E-state index in [2.05, 4.69) is 12.2 Å². The van der Waals surface area contributed by atoms with E-state index >= 15 is 0 Å². The van der Waals surface area contributed by atoms with Crippen molar-refractivity contribution in [3.63, 3.8) is 0 Å². The van der Waals surface area contributed by atoms with E-state index < -0.39 is 5.60 Å². The maximum atomic E-state index is 10.6. The van der Waals surface area contributed by atoms with Crippen LogP contribution in [0.2, 0.25) is 0 Å². The van der Waals surface area contributed by atoms with E-state index in [0.29, 0.717) is 6.54 Å². The van der Waals surface area contributed by atoms with Crippen LogP contribution in [0.4, 0.5) is 0 Å². The molecule has 1 saturated carbocycles. The average Bonchev–Trinajstić information content (AvgIpc) is 2.74. The molecule has 2 rings (SSSR count). The maximum absolute atomic E-state index is 10.6. The van der Waals surface area contributed by atoms with Gasteiger partial charge in [0.1, 0.15) is 0 Å². The fourth-order valence-corrected chi connectivity index (χ4v) is 3.32. The molecule has 1 aliphatic carbocycles. The Balaban J connectivity index is 2.19. The molecule has 0 aromatic heterocycles. The van der Waals surface area contributed by atoms with Crippen LogP contribution in [0, 0.1) is 11.3 Å². The molecule has 3 atom stereocenters. The van der Waals surface area contributed by atoms with Gasteiger partial charge in [0.05, 0.1) is 5.60 Å². The van der Waals surface area contributed by atoms with Gasteiger partial charge in [-0.15, -0.1) is 0 Å². The summed E-state index contributed by atoms with van der Waals surface area (Å²) in [5, 5.41) is 13.9. The first-order valence-electron chi connectivity index (χ1n) is 5.75. The molecule has 4 N–H and O–H groups in total. The highest BCUT2D eigenvalue weighted by molar-refractivity contribution is 5.07. The summed E-state index contributed by atoms with van der Waals surface area (Å²) < 4.78 is 0. The summed E-state index contributed by atoms with van der Waals surface area (Å²) >= 11 is 0. The molecule has 82 valence electrons. The molecular formula is C11H22N2O. The van der Waals surface area contributed by atoms with E-state index in [1.54, 1.807) is 0 Å². The third kappa shape index (κ3) is 1.38. The summed E-state index contributed by atoms with van der Waals surface area (Å²) in [7, 11) is 0. The molecular weight excluding hydrogens is 176 g/mol. The van der Waals surface area contributed by atoms with Crippen LogP contribution in [0.1, 0.15) is 32.6 Å². The minimum absolute atomic E-state index is 0.00405. The van der Waals surface area contributed by atoms with Gasteiger partial charge in [0.15, 0.2) is 0 Å². The van der Waals surface area contributed by atoms with Crippen molar-refractivity contribution in [1.29, 1.82) is 0 Å². The normalized spacial score (nSPS) is 48.6. The minimum Gasteiger partial charge on any atom is -0.388 e. The van der Waals surface area contributed by atoms with Gasteiger partial charge in [0, 0.05) is 18.5 Å². The summed E-state index contributed by atoms with van der Waals surface area (Å²) in [6.45, 7) is 4.57. The van der Waals surface area contributed by atoms with Crippen molar-refractivity contribution in [2.24, 2.45) is 17.1 Å². The number of nitrogens with two attached hydrogens (primary N) is 1. The number of nitrogens with one attached hydrogen (secondary N) is 1. The highest BCUT2D eigenvalue weighted by Gasteiger charge is 2.53. The maximum Gasteiger partial charge on any atom is 0.0851 e. The van der Waals surface area contributed by atoms with E-state index in [0.717, 1.165) is 38.3 Å². The van der Waals surface area contributed by atoms with Gasteiger partial charge in [-0.1, -0.05) is 13.3 Å². The average molecular weight is 198 g/mol. The van der Waals surface area contributed by atoms with Crippen molar-refractivity contribution in [2.45, 2.75) is 38.2 Å². The molecule has 0 aromatic rings. The van der Waals surface area contributed by atoms with Gasteiger partial charge in [-0.05, 0) is 31.7 Å². The lowest BCUT2D eigenvalue weighted by Gasteiger charge is -2.42. The van der Waals surface area contributed by atoms with Crippen LogP contribution in [0.15, 0.2) is 0 Å². The van der Waals surface area contributed by atoms with Crippen molar-refractivity contribution in [2.75, 3.05) is 19.6 Å². The second kappa shape index (κ2) is 3.47. The van der Waals surface area contributed by atoms with Crippen LogP contribution < -0.4 is 11.1 Å². The molecule has 0 spiro atoms. The molecule has 2 aliphatic rings. The number of β-amino-alcohol motifs (C(OH)–C–C–N with tert-alkyl or cyclic N) is 1. The molecule has 1 saturated heterocycles. The Bertz CT molecular complexity index is 213. The summed E-state index contributed by atoms with van der Waals surface area (Å²) in [6, 6.07) is 0. The van der Waals surface area contributed by atoms with Crippen molar-refractivity contribution in [3.8, 4) is 0 Å². The van der Waals surface area contributed by atoms with Crippen molar-refractivity contribution >= 4 is 0 Å². The first-order valence-corrected chi connectivity index (χ1v) is 5.75. The second-order valence-electron chi connectivity index (χ2n) is 5.29. The summed E-state index contributed by atoms with van der Waals surface area (Å²) in [5.74, 6) is 0.725. The van der Waals surface area contributed by atoms with Gasteiger partial charge in [-0.3, -0.25) is 0 Å². The Morgan fingerprint density at radius 3 is 2.71 bits per heavy atom. The van der Waals surface area contributed by atoms with Crippen LogP contribution in [0.25, 0.3) is 0 Å². The quantitative estimate of drug-likeness (QED) is 0.605. The van der Waals surface area contributed by atoms with E-state index in [1.807, 2.05) is 0 Å². The topological polar surface area (TPSA) is 58.3 Å². The van der Waals surface area contributed by atoms with Crippen LogP contribution in [-0.2, 0) is 0 Å². The number of hydrogen-bond acceptors (Lipinski definition) is 3. The molecule has 0 bridgehead atoms. The Hall–Kier alpha value is -0.120. The first kappa shape index (κ1) is 10.4. The smallest absolute Gasteiger partial charge is 0.0851 e. The fourth-order valence-electron chi connectivity index (χ4n) is 3.32. The molecule has 3 heteroatoms. The molecule has 0 amide bonds. The molecule has 0 aromatic carbocycles. The molecule has 3 unspecified atom stereocenters. The number of aliphatic hydroxyl groups is 1. The number of hydrogen-bond donors (Lipinski definition) is 3. The Labute approximate surface area is 86.1 Å². The van der Waals surface area contributed by atoms with Crippen molar-refractivity contribution in [1.82, 2.24) is 5.32 Å². The monoisotopic (exact) mass is 198 g/mol. The molecule has 0 radical (unpaired) electrons. The molecule has 2 fully saturated rings. The third-order valence-electron chi connectivity index (χ3n) is 4.37. The summed E-state index contributed by atoms with van der Waals surface area (Å²) in [4.78, 5) is 0. The predicted octanol–water partition coefficient (Wildman–Crippen LogP) is 0.476. The molecule has 1 aliphatic heterocycles. The Kier molecular flexibility index (Phi) is 2.58. The summed E-state index contributed by atoms with van der Waals surface area (Å²) in [6.07, 6.45) is 4.29. The highest BCUT2D eigenvalue weighted by Crippen LogP contribution is 2.50. The number of rotatable bonds is 2. The lowest BCUT2D eigenvalue weighted by molar-refractivity contribution is -0.0632. The molecule has 14 heavy (non-hydrogen) atoms. The van der Waals surface area contributed by atoms with E-state index in [9.17, 15) is 5.11 Å². The van der Waals surface area contributed by atoms with Crippen molar-refractivity contribution in [3.05, 3.63) is 0 Å². The predicted molar refractivity (Wildman–Crippen MR) is 56.9 cm³/mol. The lowest BCUT2D eigenvalue weighted by Crippen LogP contribution is -2.52.